The van der Waals surface area contributed by atoms with Crippen molar-refractivity contribution < 1.29 is 13.9 Å². The van der Waals surface area contributed by atoms with Crippen molar-refractivity contribution in [2.24, 2.45) is 0 Å². The van der Waals surface area contributed by atoms with Gasteiger partial charge in [0.15, 0.2) is 0 Å². The van der Waals surface area contributed by atoms with Gasteiger partial charge in [-0.25, -0.2) is 4.79 Å². The molecule has 0 unspecified atom stereocenters. The Balaban J connectivity index is 2.80. The van der Waals surface area contributed by atoms with E-state index in [1.165, 1.54) is 13.4 Å². The summed E-state index contributed by atoms with van der Waals surface area (Å²) in [6, 6.07) is 1.55. The lowest BCUT2D eigenvalue weighted by molar-refractivity contribution is 0.0565. The van der Waals surface area contributed by atoms with Gasteiger partial charge in [-0.1, -0.05) is 0 Å². The average Bonchev–Trinajstić information content (AvgIpc) is 2.50. The Labute approximate surface area is 68.9 Å². The van der Waals surface area contributed by atoms with Crippen molar-refractivity contribution in [2.45, 2.75) is 5.88 Å². The Kier molecular flexibility index (Phi) is 2.54. The predicted molar refractivity (Wildman–Crippen MR) is 39.6 cm³/mol. The number of rotatable bonds is 2. The minimum Gasteiger partial charge on any atom is -0.463 e. The van der Waals surface area contributed by atoms with Crippen LogP contribution in [0.15, 0.2) is 16.7 Å². The van der Waals surface area contributed by atoms with Crippen LogP contribution in [-0.2, 0) is 10.6 Å². The standard InChI is InChI=1S/C7H7ClO3/c1-10-7(9)6-2-5(3-8)4-11-6/h2,4H,3H2,1H3. The van der Waals surface area contributed by atoms with Crippen LogP contribution in [0, 0.1) is 0 Å². The number of ether oxygens (including phenoxy) is 1. The van der Waals surface area contributed by atoms with Crippen LogP contribution in [-0.4, -0.2) is 13.1 Å². The quantitative estimate of drug-likeness (QED) is 0.507. The van der Waals surface area contributed by atoms with E-state index < -0.39 is 5.97 Å². The van der Waals surface area contributed by atoms with Gasteiger partial charge in [0.1, 0.15) is 0 Å². The van der Waals surface area contributed by atoms with E-state index in [0.29, 0.717) is 5.88 Å². The van der Waals surface area contributed by atoms with Gasteiger partial charge in [0.05, 0.1) is 19.3 Å². The molecular weight excluding hydrogens is 168 g/mol. The number of esters is 1. The molecule has 60 valence electrons. The first kappa shape index (κ1) is 8.14. The number of furan rings is 1. The second-order valence-corrected chi connectivity index (χ2v) is 2.21. The molecule has 0 aliphatic heterocycles. The van der Waals surface area contributed by atoms with E-state index in [1.54, 1.807) is 6.07 Å². The van der Waals surface area contributed by atoms with E-state index in [-0.39, 0.29) is 5.76 Å². The molecule has 0 aromatic carbocycles. The molecule has 0 saturated carbocycles. The van der Waals surface area contributed by atoms with Gasteiger partial charge >= 0.3 is 5.97 Å². The van der Waals surface area contributed by atoms with Gasteiger partial charge in [-0.3, -0.25) is 0 Å². The molecular formula is C7H7ClO3. The third kappa shape index (κ3) is 1.74. The highest BCUT2D eigenvalue weighted by atomic mass is 35.5. The van der Waals surface area contributed by atoms with Crippen LogP contribution in [0.4, 0.5) is 0 Å². The summed E-state index contributed by atoms with van der Waals surface area (Å²) in [6.45, 7) is 0. The first-order chi connectivity index (χ1) is 5.27. The second-order valence-electron chi connectivity index (χ2n) is 1.94. The molecule has 0 atom stereocenters. The Morgan fingerprint density at radius 1 is 1.82 bits per heavy atom. The van der Waals surface area contributed by atoms with Crippen LogP contribution in [0.5, 0.6) is 0 Å². The van der Waals surface area contributed by atoms with Gasteiger partial charge in [0.2, 0.25) is 5.76 Å². The number of carbonyl (C=O) groups is 1. The molecule has 3 nitrogen and oxygen atoms in total. The zero-order valence-corrected chi connectivity index (χ0v) is 6.72. The summed E-state index contributed by atoms with van der Waals surface area (Å²) in [5.74, 6) is 0.0325. The summed E-state index contributed by atoms with van der Waals surface area (Å²) in [5, 5.41) is 0. The molecule has 1 aromatic rings. The van der Waals surface area contributed by atoms with E-state index in [9.17, 15) is 4.79 Å². The number of carbonyl (C=O) groups excluding carboxylic acids is 1. The lowest BCUT2D eigenvalue weighted by Crippen LogP contribution is -1.98. The summed E-state index contributed by atoms with van der Waals surface area (Å²) in [6.07, 6.45) is 1.43. The monoisotopic (exact) mass is 174 g/mol. The van der Waals surface area contributed by atoms with E-state index >= 15 is 0 Å². The van der Waals surface area contributed by atoms with Crippen LogP contribution in [0.1, 0.15) is 16.1 Å². The lowest BCUT2D eigenvalue weighted by atomic mass is 10.3. The predicted octanol–water partition coefficient (Wildman–Crippen LogP) is 1.81. The summed E-state index contributed by atoms with van der Waals surface area (Å²) < 4.78 is 9.27. The Bertz CT molecular complexity index is 254. The van der Waals surface area contributed by atoms with E-state index in [1.807, 2.05) is 0 Å². The second kappa shape index (κ2) is 3.44. The van der Waals surface area contributed by atoms with E-state index in [0.717, 1.165) is 5.56 Å². The molecule has 0 aliphatic rings. The highest BCUT2D eigenvalue weighted by molar-refractivity contribution is 6.17. The molecule has 0 spiro atoms. The fraction of sp³-hybridized carbons (Fsp3) is 0.286. The van der Waals surface area contributed by atoms with E-state index in [4.69, 9.17) is 16.0 Å². The molecule has 0 amide bonds. The van der Waals surface area contributed by atoms with Crippen molar-refractivity contribution in [1.82, 2.24) is 0 Å². The molecule has 1 aromatic heterocycles. The summed E-state index contributed by atoms with van der Waals surface area (Å²) >= 11 is 5.48. The van der Waals surface area contributed by atoms with Gasteiger partial charge in [0.25, 0.3) is 0 Å². The maximum atomic E-state index is 10.8. The highest BCUT2D eigenvalue weighted by Gasteiger charge is 2.09. The van der Waals surface area contributed by atoms with Crippen LogP contribution in [0.3, 0.4) is 0 Å². The van der Waals surface area contributed by atoms with Crippen molar-refractivity contribution in [2.75, 3.05) is 7.11 Å². The molecule has 0 bridgehead atoms. The third-order valence-electron chi connectivity index (χ3n) is 1.19. The molecule has 4 heteroatoms. The molecule has 0 aliphatic carbocycles. The molecule has 0 radical (unpaired) electrons. The fourth-order valence-electron chi connectivity index (χ4n) is 0.653. The third-order valence-corrected chi connectivity index (χ3v) is 1.50. The van der Waals surface area contributed by atoms with Crippen molar-refractivity contribution in [3.05, 3.63) is 23.7 Å². The zero-order valence-electron chi connectivity index (χ0n) is 5.96. The molecule has 1 rings (SSSR count). The fourth-order valence-corrected chi connectivity index (χ4v) is 0.793. The number of hydrogen-bond acceptors (Lipinski definition) is 3. The summed E-state index contributed by atoms with van der Waals surface area (Å²) in [5.41, 5.74) is 0.770. The van der Waals surface area contributed by atoms with Crippen molar-refractivity contribution >= 4 is 17.6 Å². The van der Waals surface area contributed by atoms with E-state index in [2.05, 4.69) is 4.74 Å². The Morgan fingerprint density at radius 2 is 2.55 bits per heavy atom. The Hall–Kier alpha value is -0.960. The van der Waals surface area contributed by atoms with Crippen LogP contribution >= 0.6 is 11.6 Å². The minimum atomic E-state index is -0.485. The number of halogens is 1. The Morgan fingerprint density at radius 3 is 3.00 bits per heavy atom. The lowest BCUT2D eigenvalue weighted by Gasteiger charge is -1.90. The van der Waals surface area contributed by atoms with Crippen LogP contribution in [0.25, 0.3) is 0 Å². The van der Waals surface area contributed by atoms with Crippen molar-refractivity contribution in [3.8, 4) is 0 Å². The largest absolute Gasteiger partial charge is 0.463 e. The normalized spacial score (nSPS) is 9.64. The molecule has 0 fully saturated rings. The smallest absolute Gasteiger partial charge is 0.373 e. The van der Waals surface area contributed by atoms with Crippen molar-refractivity contribution in [1.29, 1.82) is 0 Å². The minimum absolute atomic E-state index is 0.183. The maximum absolute atomic E-state index is 10.8. The van der Waals surface area contributed by atoms with Gasteiger partial charge < -0.3 is 9.15 Å². The number of methoxy groups -OCH3 is 1. The van der Waals surface area contributed by atoms with Gasteiger partial charge in [-0.2, -0.15) is 0 Å². The summed E-state index contributed by atoms with van der Waals surface area (Å²) in [7, 11) is 1.30. The SMILES string of the molecule is COC(=O)c1cc(CCl)co1. The number of alkyl halides is 1. The molecule has 0 N–H and O–H groups in total. The molecule has 1 heterocycles. The van der Waals surface area contributed by atoms with Crippen molar-refractivity contribution in [3.63, 3.8) is 0 Å². The van der Waals surface area contributed by atoms with Gasteiger partial charge in [-0.05, 0) is 6.07 Å². The molecule has 11 heavy (non-hydrogen) atoms. The zero-order chi connectivity index (χ0) is 8.27. The first-order valence-electron chi connectivity index (χ1n) is 2.99. The topological polar surface area (TPSA) is 39.4 Å². The van der Waals surface area contributed by atoms with Crippen LogP contribution in [0.2, 0.25) is 0 Å². The summed E-state index contributed by atoms with van der Waals surface area (Å²) in [4.78, 5) is 10.8. The first-order valence-corrected chi connectivity index (χ1v) is 3.53. The number of hydrogen-bond donors (Lipinski definition) is 0. The van der Waals surface area contributed by atoms with Crippen LogP contribution < -0.4 is 0 Å². The van der Waals surface area contributed by atoms with Gasteiger partial charge in [0, 0.05) is 5.56 Å². The molecule has 0 saturated heterocycles. The maximum Gasteiger partial charge on any atom is 0.373 e. The highest BCUT2D eigenvalue weighted by Crippen LogP contribution is 2.10. The van der Waals surface area contributed by atoms with Gasteiger partial charge in [-0.15, -0.1) is 11.6 Å². The average molecular weight is 175 g/mol.